The number of carbonyl (C=O) groups excluding carboxylic acids is 2. The minimum Gasteiger partial charge on any atom is -0.378 e. The van der Waals surface area contributed by atoms with Crippen molar-refractivity contribution in [3.8, 4) is 0 Å². The van der Waals surface area contributed by atoms with Crippen LogP contribution in [0, 0.1) is 0 Å². The number of benzene rings is 3. The van der Waals surface area contributed by atoms with Crippen molar-refractivity contribution >= 4 is 23.2 Å². The van der Waals surface area contributed by atoms with Crippen LogP contribution in [-0.2, 0) is 15.8 Å². The number of nitrogens with one attached hydrogen (secondary N) is 1. The van der Waals surface area contributed by atoms with Crippen molar-refractivity contribution in [1.82, 2.24) is 5.32 Å². The van der Waals surface area contributed by atoms with Crippen LogP contribution in [0.3, 0.4) is 0 Å². The van der Waals surface area contributed by atoms with E-state index in [0.717, 1.165) is 29.8 Å². The molecule has 1 aliphatic heterocycles. The van der Waals surface area contributed by atoms with E-state index >= 15 is 0 Å². The third-order valence-corrected chi connectivity index (χ3v) is 5.79. The zero-order chi connectivity index (χ0) is 26.0. The Hall–Kier alpha value is -3.98. The van der Waals surface area contributed by atoms with Crippen LogP contribution in [0.25, 0.3) is 0 Å². The molecular weight excluding hydrogens is 471 g/mol. The summed E-state index contributed by atoms with van der Waals surface area (Å²) in [5, 5.41) is 13.0. The summed E-state index contributed by atoms with van der Waals surface area (Å²) in [5.41, 5.74) is 1.59. The van der Waals surface area contributed by atoms with Gasteiger partial charge < -0.3 is 15.3 Å². The Bertz CT molecular complexity index is 1290. The lowest BCUT2D eigenvalue weighted by atomic mass is 10.00. The average molecular weight is 496 g/mol. The Labute approximate surface area is 206 Å². The predicted molar refractivity (Wildman–Crippen MR) is 129 cm³/mol. The molecule has 9 heteroatoms. The number of nitrogens with zero attached hydrogens (tertiary/aromatic N) is 2. The van der Waals surface area contributed by atoms with Gasteiger partial charge in [0.2, 0.25) is 6.17 Å². The number of carbonyl (C=O) groups is 2. The summed E-state index contributed by atoms with van der Waals surface area (Å²) in [4.78, 5) is 32.6. The fourth-order valence-electron chi connectivity index (χ4n) is 4.06. The molecule has 0 saturated heterocycles. The van der Waals surface area contributed by atoms with Crippen LogP contribution < -0.4 is 10.2 Å². The Morgan fingerprint density at radius 1 is 0.972 bits per heavy atom. The number of amides is 2. The molecule has 0 spiro atoms. The average Bonchev–Trinajstić information content (AvgIpc) is 2.98. The summed E-state index contributed by atoms with van der Waals surface area (Å²) >= 11 is 0. The Kier molecular flexibility index (Phi) is 6.94. The molecule has 1 aliphatic rings. The summed E-state index contributed by atoms with van der Waals surface area (Å²) in [5.74, 6) is -1.46. The number of para-hydroxylation sites is 1. The molecule has 0 radical (unpaired) electrons. The summed E-state index contributed by atoms with van der Waals surface area (Å²) < 4.78 is 38.6. The molecular formula is C27H24F3N3O3. The van der Waals surface area contributed by atoms with E-state index in [4.69, 9.17) is 0 Å². The first kappa shape index (κ1) is 25.1. The highest BCUT2D eigenvalue weighted by Gasteiger charge is 2.36. The number of benzodiazepines with no additional fused rings is 1. The second-order valence-electron chi connectivity index (χ2n) is 8.60. The number of anilines is 1. The number of hydrogen-bond donors (Lipinski definition) is 2. The number of halogens is 3. The van der Waals surface area contributed by atoms with Gasteiger partial charge in [-0.05, 0) is 37.6 Å². The molecule has 0 saturated carbocycles. The van der Waals surface area contributed by atoms with Crippen molar-refractivity contribution in [2.45, 2.75) is 38.3 Å². The highest BCUT2D eigenvalue weighted by atomic mass is 19.4. The molecule has 1 heterocycles. The van der Waals surface area contributed by atoms with Crippen LogP contribution in [0.4, 0.5) is 18.9 Å². The van der Waals surface area contributed by atoms with Crippen LogP contribution in [0.15, 0.2) is 83.9 Å². The summed E-state index contributed by atoms with van der Waals surface area (Å²) in [6.07, 6.45) is -7.71. The Balaban J connectivity index is 1.70. The third kappa shape index (κ3) is 5.01. The van der Waals surface area contributed by atoms with Gasteiger partial charge in [-0.1, -0.05) is 60.7 Å². The number of hydrogen-bond acceptors (Lipinski definition) is 4. The molecule has 0 aliphatic carbocycles. The zero-order valence-electron chi connectivity index (χ0n) is 19.5. The van der Waals surface area contributed by atoms with Gasteiger partial charge in [-0.2, -0.15) is 13.2 Å². The lowest BCUT2D eigenvalue weighted by Crippen LogP contribution is -2.50. The van der Waals surface area contributed by atoms with Gasteiger partial charge in [-0.3, -0.25) is 9.59 Å². The van der Waals surface area contributed by atoms with Crippen molar-refractivity contribution in [1.29, 1.82) is 0 Å². The molecule has 6 nitrogen and oxygen atoms in total. The maximum Gasteiger partial charge on any atom is 0.416 e. The van der Waals surface area contributed by atoms with E-state index < -0.39 is 35.8 Å². The second-order valence-corrected chi connectivity index (χ2v) is 8.60. The van der Waals surface area contributed by atoms with Crippen molar-refractivity contribution in [2.75, 3.05) is 4.90 Å². The molecule has 1 unspecified atom stereocenters. The zero-order valence-corrected chi connectivity index (χ0v) is 19.5. The molecule has 36 heavy (non-hydrogen) atoms. The first-order chi connectivity index (χ1) is 17.1. The number of rotatable bonds is 5. The maximum absolute atomic E-state index is 13.6. The predicted octanol–water partition coefficient (Wildman–Crippen LogP) is 4.47. The number of fused-ring (bicyclic) bond motifs is 1. The van der Waals surface area contributed by atoms with Gasteiger partial charge in [-0.15, -0.1) is 0 Å². The summed E-state index contributed by atoms with van der Waals surface area (Å²) in [7, 11) is 0. The van der Waals surface area contributed by atoms with E-state index in [0.29, 0.717) is 17.0 Å². The standard InChI is InChI=1S/C27H24F3N3O3/c1-16(2)33-21-11-7-6-10-20(21)22(17-8-4-3-5-9-17)31-24(26(33)36)32-25(35)23(34)18-12-14-19(15-13-18)27(28,29)30/h3-16,23-24,34H,1-2H3,(H,32,35)/t23-,24?/m1/s1. The molecule has 2 atom stereocenters. The van der Waals surface area contributed by atoms with Crippen molar-refractivity contribution in [3.05, 3.63) is 101 Å². The number of alkyl halides is 3. The highest BCUT2D eigenvalue weighted by molar-refractivity contribution is 6.20. The Morgan fingerprint density at radius 2 is 1.58 bits per heavy atom. The molecule has 186 valence electrons. The number of aliphatic imine (C=N–C) groups is 1. The molecule has 3 aromatic carbocycles. The molecule has 0 bridgehead atoms. The van der Waals surface area contributed by atoms with Gasteiger partial charge in [-0.25, -0.2) is 4.99 Å². The van der Waals surface area contributed by atoms with Crippen LogP contribution in [0.1, 0.15) is 42.2 Å². The topological polar surface area (TPSA) is 82.0 Å². The normalized spacial score (nSPS) is 16.8. The lowest BCUT2D eigenvalue weighted by Gasteiger charge is -2.29. The van der Waals surface area contributed by atoms with E-state index in [9.17, 15) is 27.9 Å². The molecule has 2 N–H and O–H groups in total. The second kappa shape index (κ2) is 9.94. The smallest absolute Gasteiger partial charge is 0.378 e. The Morgan fingerprint density at radius 3 is 2.19 bits per heavy atom. The van der Waals surface area contributed by atoms with E-state index in [1.807, 2.05) is 56.3 Å². The van der Waals surface area contributed by atoms with Gasteiger partial charge in [0, 0.05) is 17.2 Å². The summed E-state index contributed by atoms with van der Waals surface area (Å²) in [6, 6.07) is 19.8. The monoisotopic (exact) mass is 495 g/mol. The molecule has 2 amide bonds. The summed E-state index contributed by atoms with van der Waals surface area (Å²) in [6.45, 7) is 3.66. The van der Waals surface area contributed by atoms with Crippen LogP contribution in [0.2, 0.25) is 0 Å². The molecule has 0 fully saturated rings. The molecule has 4 rings (SSSR count). The van der Waals surface area contributed by atoms with Gasteiger partial charge in [0.1, 0.15) is 0 Å². The fourth-order valence-corrected chi connectivity index (χ4v) is 4.06. The van der Waals surface area contributed by atoms with Crippen LogP contribution in [0.5, 0.6) is 0 Å². The van der Waals surface area contributed by atoms with Crippen molar-refractivity contribution in [3.63, 3.8) is 0 Å². The van der Waals surface area contributed by atoms with Crippen molar-refractivity contribution < 1.29 is 27.9 Å². The van der Waals surface area contributed by atoms with E-state index in [1.165, 1.54) is 4.90 Å². The van der Waals surface area contributed by atoms with Gasteiger partial charge in [0.25, 0.3) is 11.8 Å². The highest BCUT2D eigenvalue weighted by Crippen LogP contribution is 2.31. The van der Waals surface area contributed by atoms with Gasteiger partial charge in [0.05, 0.1) is 17.0 Å². The first-order valence-corrected chi connectivity index (χ1v) is 11.3. The quantitative estimate of drug-likeness (QED) is 0.548. The number of aliphatic hydroxyl groups excluding tert-OH is 1. The SMILES string of the molecule is CC(C)N1C(=O)C(NC(=O)[C@H](O)c2ccc(C(F)(F)F)cc2)N=C(c2ccccc2)c2ccccc21. The van der Waals surface area contributed by atoms with E-state index in [2.05, 4.69) is 10.3 Å². The number of aliphatic hydroxyl groups is 1. The maximum atomic E-state index is 13.6. The third-order valence-electron chi connectivity index (χ3n) is 5.79. The van der Waals surface area contributed by atoms with Gasteiger partial charge in [0.15, 0.2) is 6.10 Å². The molecule has 0 aromatic heterocycles. The fraction of sp³-hybridized carbons (Fsp3) is 0.222. The lowest BCUT2D eigenvalue weighted by molar-refractivity contribution is -0.137. The molecule has 3 aromatic rings. The minimum absolute atomic E-state index is 0.0437. The van der Waals surface area contributed by atoms with E-state index in [1.54, 1.807) is 12.1 Å². The first-order valence-electron chi connectivity index (χ1n) is 11.3. The minimum atomic E-state index is -4.55. The van der Waals surface area contributed by atoms with Gasteiger partial charge >= 0.3 is 6.18 Å². The van der Waals surface area contributed by atoms with E-state index in [-0.39, 0.29) is 11.6 Å². The van der Waals surface area contributed by atoms with Crippen LogP contribution in [-0.4, -0.2) is 34.8 Å². The largest absolute Gasteiger partial charge is 0.416 e. The van der Waals surface area contributed by atoms with Crippen LogP contribution >= 0.6 is 0 Å². The van der Waals surface area contributed by atoms with Crippen molar-refractivity contribution in [2.24, 2.45) is 4.99 Å².